The maximum absolute atomic E-state index is 12.8. The summed E-state index contributed by atoms with van der Waals surface area (Å²) in [5.74, 6) is 0.797. The second-order valence-corrected chi connectivity index (χ2v) is 7.49. The van der Waals surface area contributed by atoms with Crippen molar-refractivity contribution in [3.05, 3.63) is 23.8 Å². The summed E-state index contributed by atoms with van der Waals surface area (Å²) in [5.41, 5.74) is 0.876. The molecule has 1 aromatic carbocycles. The van der Waals surface area contributed by atoms with Crippen LogP contribution in [0.25, 0.3) is 0 Å². The van der Waals surface area contributed by atoms with Crippen molar-refractivity contribution in [2.24, 2.45) is 5.92 Å². The molecule has 0 unspecified atom stereocenters. The van der Waals surface area contributed by atoms with Crippen LogP contribution < -0.4 is 20.1 Å². The van der Waals surface area contributed by atoms with Crippen molar-refractivity contribution < 1.29 is 19.1 Å². The number of nitrogens with zero attached hydrogens (tertiary/aromatic N) is 1. The zero-order valence-electron chi connectivity index (χ0n) is 17.0. The Morgan fingerprint density at radius 2 is 1.70 bits per heavy atom. The van der Waals surface area contributed by atoms with Gasteiger partial charge in [0.15, 0.2) is 0 Å². The maximum atomic E-state index is 12.8. The number of urea groups is 1. The molecule has 0 saturated carbocycles. The zero-order valence-corrected chi connectivity index (χ0v) is 17.0. The maximum Gasteiger partial charge on any atom is 0.317 e. The number of likely N-dealkylation sites (tertiary alicyclic amines) is 1. The molecule has 2 N–H and O–H groups in total. The van der Waals surface area contributed by atoms with Crippen molar-refractivity contribution >= 4 is 11.9 Å². The smallest absolute Gasteiger partial charge is 0.317 e. The summed E-state index contributed by atoms with van der Waals surface area (Å²) >= 11 is 0. The topological polar surface area (TPSA) is 79.9 Å². The van der Waals surface area contributed by atoms with Gasteiger partial charge in [0.25, 0.3) is 0 Å². The van der Waals surface area contributed by atoms with Gasteiger partial charge in [-0.05, 0) is 45.9 Å². The zero-order chi connectivity index (χ0) is 20.1. The van der Waals surface area contributed by atoms with Crippen LogP contribution in [0, 0.1) is 5.92 Å². The van der Waals surface area contributed by atoms with E-state index in [9.17, 15) is 9.59 Å². The van der Waals surface area contributed by atoms with Gasteiger partial charge in [-0.1, -0.05) is 0 Å². The number of hydrogen-bond donors (Lipinski definition) is 2. The minimum absolute atomic E-state index is 0.0314. The van der Waals surface area contributed by atoms with E-state index >= 15 is 0 Å². The molecule has 1 aliphatic rings. The Morgan fingerprint density at radius 3 is 2.26 bits per heavy atom. The number of methoxy groups -OCH3 is 2. The molecule has 0 radical (unpaired) electrons. The van der Waals surface area contributed by atoms with Crippen LogP contribution in [-0.4, -0.2) is 56.2 Å². The van der Waals surface area contributed by atoms with E-state index in [0.717, 1.165) is 5.56 Å². The Hall–Kier alpha value is -2.44. The molecular formula is C20H31N3O4. The molecule has 1 fully saturated rings. The van der Waals surface area contributed by atoms with Gasteiger partial charge in [-0.25, -0.2) is 4.79 Å². The molecule has 7 nitrogen and oxygen atoms in total. The normalized spacial score (nSPS) is 19.3. The summed E-state index contributed by atoms with van der Waals surface area (Å²) in [6.45, 7) is 8.49. The Balaban J connectivity index is 2.37. The molecule has 0 aromatic heterocycles. The first kappa shape index (κ1) is 20.9. The highest BCUT2D eigenvalue weighted by atomic mass is 16.5. The lowest BCUT2D eigenvalue weighted by molar-refractivity contribution is -0.125. The highest BCUT2D eigenvalue weighted by molar-refractivity contribution is 5.83. The number of nitrogens with one attached hydrogen (secondary N) is 2. The number of ether oxygens (including phenoxy) is 2. The Labute approximate surface area is 161 Å². The molecule has 0 aliphatic carbocycles. The molecule has 1 heterocycles. The molecule has 1 aliphatic heterocycles. The van der Waals surface area contributed by atoms with E-state index in [1.165, 1.54) is 0 Å². The Bertz CT molecular complexity index is 675. The predicted molar refractivity (Wildman–Crippen MR) is 104 cm³/mol. The number of amides is 3. The largest absolute Gasteiger partial charge is 0.497 e. The van der Waals surface area contributed by atoms with E-state index in [2.05, 4.69) is 10.6 Å². The van der Waals surface area contributed by atoms with E-state index < -0.39 is 0 Å². The fourth-order valence-corrected chi connectivity index (χ4v) is 3.41. The standard InChI is InChI=1S/C20H31N3O4/c1-12(2)21-19(24)17-11-23(20(25)22-13(3)4)10-16(17)15-9-14(26-5)7-8-18(15)27-6/h7-9,12-13,16-17H,10-11H2,1-6H3,(H,21,24)(H,22,25)/t16-,17+/m0/s1. The summed E-state index contributed by atoms with van der Waals surface area (Å²) in [7, 11) is 3.21. The summed E-state index contributed by atoms with van der Waals surface area (Å²) in [4.78, 5) is 27.1. The van der Waals surface area contributed by atoms with E-state index in [1.54, 1.807) is 19.1 Å². The highest BCUT2D eigenvalue weighted by Crippen LogP contribution is 2.39. The lowest BCUT2D eigenvalue weighted by Gasteiger charge is -2.22. The fourth-order valence-electron chi connectivity index (χ4n) is 3.41. The van der Waals surface area contributed by atoms with Crippen molar-refractivity contribution in [2.75, 3.05) is 27.3 Å². The van der Waals surface area contributed by atoms with Gasteiger partial charge in [0, 0.05) is 36.7 Å². The van der Waals surface area contributed by atoms with Crippen LogP contribution >= 0.6 is 0 Å². The molecule has 150 valence electrons. The number of hydrogen-bond acceptors (Lipinski definition) is 4. The van der Waals surface area contributed by atoms with Crippen LogP contribution in [-0.2, 0) is 4.79 Å². The minimum atomic E-state index is -0.355. The molecular weight excluding hydrogens is 346 g/mol. The summed E-state index contributed by atoms with van der Waals surface area (Å²) in [6, 6.07) is 5.46. The van der Waals surface area contributed by atoms with Crippen LogP contribution in [0.3, 0.4) is 0 Å². The van der Waals surface area contributed by atoms with E-state index in [0.29, 0.717) is 24.6 Å². The molecule has 3 amide bonds. The Morgan fingerprint density at radius 1 is 1.04 bits per heavy atom. The third-order valence-corrected chi connectivity index (χ3v) is 4.62. The molecule has 2 atom stereocenters. The fraction of sp³-hybridized carbons (Fsp3) is 0.600. The van der Waals surface area contributed by atoms with Crippen molar-refractivity contribution in [3.63, 3.8) is 0 Å². The van der Waals surface area contributed by atoms with Crippen molar-refractivity contribution in [1.29, 1.82) is 0 Å². The van der Waals surface area contributed by atoms with Crippen LogP contribution in [0.4, 0.5) is 4.79 Å². The molecule has 0 spiro atoms. The van der Waals surface area contributed by atoms with Gasteiger partial charge in [0.05, 0.1) is 20.1 Å². The molecule has 1 saturated heterocycles. The average molecular weight is 377 g/mol. The highest BCUT2D eigenvalue weighted by Gasteiger charge is 2.42. The van der Waals surface area contributed by atoms with Gasteiger partial charge in [-0.15, -0.1) is 0 Å². The van der Waals surface area contributed by atoms with Crippen molar-refractivity contribution in [1.82, 2.24) is 15.5 Å². The first-order valence-electron chi connectivity index (χ1n) is 9.34. The molecule has 27 heavy (non-hydrogen) atoms. The third-order valence-electron chi connectivity index (χ3n) is 4.62. The van der Waals surface area contributed by atoms with Crippen molar-refractivity contribution in [2.45, 2.75) is 45.7 Å². The third kappa shape index (κ3) is 5.05. The number of carbonyl (C=O) groups is 2. The lowest BCUT2D eigenvalue weighted by Crippen LogP contribution is -2.43. The van der Waals surface area contributed by atoms with E-state index in [4.69, 9.17) is 9.47 Å². The SMILES string of the molecule is COc1ccc(OC)c([C@@H]2CN(C(=O)NC(C)C)C[C@H]2C(=O)NC(C)C)c1. The molecule has 7 heteroatoms. The van der Waals surface area contributed by atoms with Gasteiger partial charge in [0.1, 0.15) is 11.5 Å². The first-order chi connectivity index (χ1) is 12.8. The van der Waals surface area contributed by atoms with Gasteiger partial charge in [-0.3, -0.25) is 4.79 Å². The molecule has 1 aromatic rings. The minimum Gasteiger partial charge on any atom is -0.497 e. The van der Waals surface area contributed by atoms with Crippen LogP contribution in [0.15, 0.2) is 18.2 Å². The monoisotopic (exact) mass is 377 g/mol. The number of rotatable bonds is 6. The second-order valence-electron chi connectivity index (χ2n) is 7.49. The average Bonchev–Trinajstić information content (AvgIpc) is 3.05. The van der Waals surface area contributed by atoms with Gasteiger partial charge >= 0.3 is 6.03 Å². The number of carbonyl (C=O) groups excluding carboxylic acids is 2. The first-order valence-corrected chi connectivity index (χ1v) is 9.34. The lowest BCUT2D eigenvalue weighted by atomic mass is 9.87. The molecule has 2 rings (SSSR count). The van der Waals surface area contributed by atoms with E-state index in [1.807, 2.05) is 45.9 Å². The number of benzene rings is 1. The van der Waals surface area contributed by atoms with Crippen molar-refractivity contribution in [3.8, 4) is 11.5 Å². The van der Waals surface area contributed by atoms with Gasteiger partial charge in [0.2, 0.25) is 5.91 Å². The summed E-state index contributed by atoms with van der Waals surface area (Å²) < 4.78 is 10.9. The van der Waals surface area contributed by atoms with Crippen LogP contribution in [0.2, 0.25) is 0 Å². The summed E-state index contributed by atoms with van der Waals surface area (Å²) in [5, 5.41) is 5.89. The second kappa shape index (κ2) is 8.97. The quantitative estimate of drug-likeness (QED) is 0.798. The van der Waals surface area contributed by atoms with Gasteiger partial charge in [-0.2, -0.15) is 0 Å². The van der Waals surface area contributed by atoms with Crippen LogP contribution in [0.1, 0.15) is 39.2 Å². The summed E-state index contributed by atoms with van der Waals surface area (Å²) in [6.07, 6.45) is 0. The van der Waals surface area contributed by atoms with Gasteiger partial charge < -0.3 is 25.0 Å². The van der Waals surface area contributed by atoms with Crippen LogP contribution in [0.5, 0.6) is 11.5 Å². The van der Waals surface area contributed by atoms with E-state index in [-0.39, 0.29) is 35.9 Å². The Kier molecular flexibility index (Phi) is 6.93. The predicted octanol–water partition coefficient (Wildman–Crippen LogP) is 2.36. The molecule has 0 bridgehead atoms.